The summed E-state index contributed by atoms with van der Waals surface area (Å²) in [5.41, 5.74) is 1.13. The molecule has 0 unspecified atom stereocenters. The molecule has 0 radical (unpaired) electrons. The van der Waals surface area contributed by atoms with Crippen LogP contribution in [0.2, 0.25) is 0 Å². The van der Waals surface area contributed by atoms with Crippen LogP contribution in [0.15, 0.2) is 23.2 Å². The molecule has 0 amide bonds. The van der Waals surface area contributed by atoms with Crippen LogP contribution in [0.25, 0.3) is 0 Å². The molecule has 0 heterocycles. The van der Waals surface area contributed by atoms with Crippen molar-refractivity contribution in [3.63, 3.8) is 0 Å². The average molecular weight is 530 g/mol. The minimum absolute atomic E-state index is 0. The summed E-state index contributed by atoms with van der Waals surface area (Å²) in [6.07, 6.45) is 1.16. The number of ether oxygens (including phenoxy) is 1. The van der Waals surface area contributed by atoms with Gasteiger partial charge in [-0.1, -0.05) is 6.07 Å². The quantitative estimate of drug-likeness (QED) is 0.257. The van der Waals surface area contributed by atoms with Gasteiger partial charge in [0, 0.05) is 39.5 Å². The van der Waals surface area contributed by atoms with Crippen LogP contribution in [-0.2, 0) is 26.9 Å². The number of guanidine groups is 1. The first kappa shape index (κ1) is 27.0. The molecule has 1 aromatic carbocycles. The number of benzene rings is 1. The van der Waals surface area contributed by atoms with Crippen LogP contribution >= 0.6 is 24.0 Å². The summed E-state index contributed by atoms with van der Waals surface area (Å²) in [6.45, 7) is 5.84. The van der Waals surface area contributed by atoms with E-state index in [1.165, 1.54) is 18.2 Å². The molecule has 0 spiro atoms. The van der Waals surface area contributed by atoms with Gasteiger partial charge in [0.05, 0.1) is 18.9 Å². The highest BCUT2D eigenvalue weighted by atomic mass is 127. The Morgan fingerprint density at radius 2 is 1.96 bits per heavy atom. The summed E-state index contributed by atoms with van der Waals surface area (Å²) in [5.74, 6) is 0.0641. The van der Waals surface area contributed by atoms with Gasteiger partial charge < -0.3 is 20.3 Å². The Morgan fingerprint density at radius 3 is 2.57 bits per heavy atom. The molecule has 1 rings (SSSR count). The van der Waals surface area contributed by atoms with E-state index in [1.807, 2.05) is 14.0 Å². The van der Waals surface area contributed by atoms with Crippen molar-refractivity contribution in [1.82, 2.24) is 15.5 Å². The maximum Gasteiger partial charge on any atom is 0.191 e. The first-order chi connectivity index (χ1) is 12.7. The van der Waals surface area contributed by atoms with E-state index in [2.05, 4.69) is 20.5 Å². The van der Waals surface area contributed by atoms with Gasteiger partial charge in [0.2, 0.25) is 0 Å². The highest BCUT2D eigenvalue weighted by Gasteiger charge is 2.11. The van der Waals surface area contributed by atoms with Crippen LogP contribution < -0.4 is 10.6 Å². The first-order valence-electron chi connectivity index (χ1n) is 8.90. The molecule has 10 heteroatoms. The number of hydrogen-bond acceptors (Lipinski definition) is 5. The van der Waals surface area contributed by atoms with Gasteiger partial charge in [-0.15, -0.1) is 24.0 Å². The zero-order valence-electron chi connectivity index (χ0n) is 17.0. The lowest BCUT2D eigenvalue weighted by molar-refractivity contribution is 0.162. The maximum absolute atomic E-state index is 13.6. The van der Waals surface area contributed by atoms with Crippen molar-refractivity contribution >= 4 is 39.8 Å². The Kier molecular flexibility index (Phi) is 13.6. The van der Waals surface area contributed by atoms with Gasteiger partial charge in [0.1, 0.15) is 5.82 Å². The van der Waals surface area contributed by atoms with Crippen molar-refractivity contribution in [2.24, 2.45) is 4.99 Å². The molecule has 0 aliphatic rings. The molecule has 0 fully saturated rings. The minimum atomic E-state index is -3.21. The second kappa shape index (κ2) is 14.1. The van der Waals surface area contributed by atoms with E-state index in [9.17, 15) is 12.8 Å². The molecule has 0 aliphatic carbocycles. The Morgan fingerprint density at radius 1 is 1.25 bits per heavy atom. The molecule has 0 aromatic heterocycles. The van der Waals surface area contributed by atoms with Crippen molar-refractivity contribution in [2.45, 2.75) is 19.2 Å². The standard InChI is InChI=1S/C18H31FN4O3S.HI/c1-5-20-18(21-8-9-23(2)10-11-26-3)22-13-16-12-17(19)7-6-15(16)14-27(4,24)25;/h6-7,12H,5,8-11,13-14H2,1-4H3,(H2,20,21,22);1H. The first-order valence-corrected chi connectivity index (χ1v) is 11.0. The molecule has 0 atom stereocenters. The largest absolute Gasteiger partial charge is 0.383 e. The van der Waals surface area contributed by atoms with Crippen LogP contribution in [0.3, 0.4) is 0 Å². The Bertz CT molecular complexity index is 717. The fourth-order valence-corrected chi connectivity index (χ4v) is 3.24. The summed E-state index contributed by atoms with van der Waals surface area (Å²) in [5, 5.41) is 6.36. The van der Waals surface area contributed by atoms with Crippen LogP contribution in [0.4, 0.5) is 4.39 Å². The number of halogens is 2. The minimum Gasteiger partial charge on any atom is -0.383 e. The van der Waals surface area contributed by atoms with E-state index in [-0.39, 0.29) is 36.3 Å². The number of likely N-dealkylation sites (N-methyl/N-ethyl adjacent to an activating group) is 1. The molecule has 2 N–H and O–H groups in total. The molecule has 0 aliphatic heterocycles. The second-order valence-electron chi connectivity index (χ2n) is 6.40. The number of nitrogens with one attached hydrogen (secondary N) is 2. The number of hydrogen-bond donors (Lipinski definition) is 2. The van der Waals surface area contributed by atoms with E-state index in [0.717, 1.165) is 19.3 Å². The third-order valence-electron chi connectivity index (χ3n) is 3.80. The molecular formula is C18H32FIN4O3S. The average Bonchev–Trinajstić information content (AvgIpc) is 2.58. The van der Waals surface area contributed by atoms with Gasteiger partial charge in [-0.3, -0.25) is 0 Å². The Balaban J connectivity index is 0.00000729. The number of methoxy groups -OCH3 is 1. The Hall–Kier alpha value is -0.980. The summed E-state index contributed by atoms with van der Waals surface area (Å²) >= 11 is 0. The van der Waals surface area contributed by atoms with Gasteiger partial charge in [-0.05, 0) is 37.2 Å². The van der Waals surface area contributed by atoms with E-state index < -0.39 is 15.7 Å². The predicted molar refractivity (Wildman–Crippen MR) is 123 cm³/mol. The summed E-state index contributed by atoms with van der Waals surface area (Å²) in [6, 6.07) is 4.12. The third kappa shape index (κ3) is 11.8. The summed E-state index contributed by atoms with van der Waals surface area (Å²) < 4.78 is 41.8. The normalized spacial score (nSPS) is 12.0. The number of aliphatic imine (C=N–C) groups is 1. The van der Waals surface area contributed by atoms with Gasteiger partial charge in [0.15, 0.2) is 15.8 Å². The highest BCUT2D eigenvalue weighted by Crippen LogP contribution is 2.15. The predicted octanol–water partition coefficient (Wildman–Crippen LogP) is 1.62. The van der Waals surface area contributed by atoms with E-state index in [0.29, 0.717) is 36.8 Å². The molecule has 0 saturated heterocycles. The molecule has 1 aromatic rings. The smallest absolute Gasteiger partial charge is 0.191 e. The summed E-state index contributed by atoms with van der Waals surface area (Å²) in [7, 11) is 0.471. The zero-order chi connectivity index (χ0) is 20.3. The lowest BCUT2D eigenvalue weighted by atomic mass is 10.1. The van der Waals surface area contributed by atoms with Gasteiger partial charge in [0.25, 0.3) is 0 Å². The molecule has 162 valence electrons. The third-order valence-corrected chi connectivity index (χ3v) is 4.64. The fraction of sp³-hybridized carbons (Fsp3) is 0.611. The molecule has 0 bridgehead atoms. The van der Waals surface area contributed by atoms with Gasteiger partial charge in [-0.2, -0.15) is 0 Å². The van der Waals surface area contributed by atoms with Crippen LogP contribution in [0.1, 0.15) is 18.1 Å². The highest BCUT2D eigenvalue weighted by molar-refractivity contribution is 14.0. The number of rotatable bonds is 11. The van der Waals surface area contributed by atoms with Crippen molar-refractivity contribution in [1.29, 1.82) is 0 Å². The summed E-state index contributed by atoms with van der Waals surface area (Å²) in [4.78, 5) is 6.60. The molecular weight excluding hydrogens is 498 g/mol. The maximum atomic E-state index is 13.6. The van der Waals surface area contributed by atoms with Gasteiger partial charge in [-0.25, -0.2) is 17.8 Å². The SMILES string of the molecule is CCNC(=NCc1cc(F)ccc1CS(C)(=O)=O)NCCN(C)CCOC.I. The molecule has 0 saturated carbocycles. The van der Waals surface area contributed by atoms with E-state index in [4.69, 9.17) is 4.74 Å². The Labute approximate surface area is 185 Å². The van der Waals surface area contributed by atoms with Crippen LogP contribution in [0.5, 0.6) is 0 Å². The topological polar surface area (TPSA) is 83.0 Å². The number of sulfone groups is 1. The van der Waals surface area contributed by atoms with Crippen LogP contribution in [-0.4, -0.2) is 72.5 Å². The molecule has 28 heavy (non-hydrogen) atoms. The van der Waals surface area contributed by atoms with Gasteiger partial charge >= 0.3 is 0 Å². The lowest BCUT2D eigenvalue weighted by Crippen LogP contribution is -2.41. The van der Waals surface area contributed by atoms with Crippen molar-refractivity contribution < 1.29 is 17.5 Å². The molecule has 7 nitrogen and oxygen atoms in total. The van der Waals surface area contributed by atoms with E-state index >= 15 is 0 Å². The second-order valence-corrected chi connectivity index (χ2v) is 8.54. The number of nitrogens with zero attached hydrogens (tertiary/aromatic N) is 2. The van der Waals surface area contributed by atoms with E-state index in [1.54, 1.807) is 7.11 Å². The monoisotopic (exact) mass is 530 g/mol. The van der Waals surface area contributed by atoms with Crippen LogP contribution in [0, 0.1) is 5.82 Å². The van der Waals surface area contributed by atoms with Crippen molar-refractivity contribution in [2.75, 3.05) is 53.2 Å². The van der Waals surface area contributed by atoms with Crippen molar-refractivity contribution in [3.8, 4) is 0 Å². The fourth-order valence-electron chi connectivity index (χ4n) is 2.40. The lowest BCUT2D eigenvalue weighted by Gasteiger charge is -2.18. The van der Waals surface area contributed by atoms with Crippen molar-refractivity contribution in [3.05, 3.63) is 35.1 Å². The zero-order valence-corrected chi connectivity index (χ0v) is 20.1.